The van der Waals surface area contributed by atoms with E-state index in [0.29, 0.717) is 0 Å². The fourth-order valence-electron chi connectivity index (χ4n) is 2.27. The molecule has 1 fully saturated rings. The van der Waals surface area contributed by atoms with Crippen LogP contribution < -0.4 is 4.90 Å². The van der Waals surface area contributed by atoms with E-state index in [-0.39, 0.29) is 0 Å². The summed E-state index contributed by atoms with van der Waals surface area (Å²) in [7, 11) is 0. The Morgan fingerprint density at radius 2 is 2.18 bits per heavy atom. The normalized spacial score (nSPS) is 14.4. The summed E-state index contributed by atoms with van der Waals surface area (Å²) in [4.78, 5) is 2.48. The summed E-state index contributed by atoms with van der Waals surface area (Å²) < 4.78 is 0. The van der Waals surface area contributed by atoms with Gasteiger partial charge in [-0.2, -0.15) is 5.26 Å². The first kappa shape index (κ1) is 12.0. The highest BCUT2D eigenvalue weighted by Gasteiger charge is 2.24. The molecule has 0 unspecified atom stereocenters. The van der Waals surface area contributed by atoms with E-state index >= 15 is 0 Å². The van der Waals surface area contributed by atoms with Crippen LogP contribution in [0.1, 0.15) is 37.3 Å². The lowest BCUT2D eigenvalue weighted by molar-refractivity contribution is 0.706. The zero-order valence-corrected chi connectivity index (χ0v) is 10.7. The maximum Gasteiger partial charge on any atom is 0.0991 e. The average molecular weight is 228 g/mol. The third-order valence-corrected chi connectivity index (χ3v) is 3.34. The second-order valence-corrected chi connectivity index (χ2v) is 5.00. The maximum atomic E-state index is 8.89. The molecule has 2 heteroatoms. The number of aryl methyl sites for hydroxylation is 1. The molecule has 1 saturated carbocycles. The van der Waals surface area contributed by atoms with Gasteiger partial charge in [0.15, 0.2) is 0 Å². The van der Waals surface area contributed by atoms with Crippen LogP contribution in [0.5, 0.6) is 0 Å². The standard InChI is InChI=1S/C15H20N2/c1-3-8-17(11-13-4-5-13)15-7-6-14(10-16)9-12(15)2/h6-7,9,13H,3-5,8,11H2,1-2H3. The summed E-state index contributed by atoms with van der Waals surface area (Å²) in [6.45, 7) is 6.62. The fraction of sp³-hybridized carbons (Fsp3) is 0.533. The number of hydrogen-bond donors (Lipinski definition) is 0. The van der Waals surface area contributed by atoms with Crippen molar-refractivity contribution in [3.05, 3.63) is 29.3 Å². The Labute approximate surface area is 104 Å². The van der Waals surface area contributed by atoms with Gasteiger partial charge in [-0.05, 0) is 55.9 Å². The first-order valence-electron chi connectivity index (χ1n) is 6.50. The molecule has 0 N–H and O–H groups in total. The van der Waals surface area contributed by atoms with Crippen molar-refractivity contribution >= 4 is 5.69 Å². The molecule has 1 aromatic rings. The Bertz CT molecular complexity index is 427. The molecule has 1 aliphatic rings. The highest BCUT2D eigenvalue weighted by molar-refractivity contribution is 5.56. The Morgan fingerprint density at radius 1 is 1.41 bits per heavy atom. The molecule has 0 heterocycles. The number of nitrogens with zero attached hydrogens (tertiary/aromatic N) is 2. The average Bonchev–Trinajstić information content (AvgIpc) is 3.12. The van der Waals surface area contributed by atoms with E-state index < -0.39 is 0 Å². The zero-order valence-electron chi connectivity index (χ0n) is 10.7. The number of hydrogen-bond acceptors (Lipinski definition) is 2. The molecule has 0 bridgehead atoms. The van der Waals surface area contributed by atoms with E-state index in [2.05, 4.69) is 30.9 Å². The molecule has 0 saturated heterocycles. The maximum absolute atomic E-state index is 8.89. The molecule has 1 aromatic carbocycles. The van der Waals surface area contributed by atoms with Crippen LogP contribution in [0.15, 0.2) is 18.2 Å². The minimum absolute atomic E-state index is 0.758. The van der Waals surface area contributed by atoms with Gasteiger partial charge in [0.1, 0.15) is 0 Å². The smallest absolute Gasteiger partial charge is 0.0991 e. The van der Waals surface area contributed by atoms with Crippen molar-refractivity contribution in [1.82, 2.24) is 0 Å². The molecule has 0 spiro atoms. The van der Waals surface area contributed by atoms with Gasteiger partial charge >= 0.3 is 0 Å². The molecule has 0 aromatic heterocycles. The van der Waals surface area contributed by atoms with Crippen molar-refractivity contribution in [3.63, 3.8) is 0 Å². The van der Waals surface area contributed by atoms with Crippen molar-refractivity contribution in [2.75, 3.05) is 18.0 Å². The van der Waals surface area contributed by atoms with Crippen LogP contribution in [0.3, 0.4) is 0 Å². The second-order valence-electron chi connectivity index (χ2n) is 5.00. The van der Waals surface area contributed by atoms with Gasteiger partial charge < -0.3 is 4.90 Å². The molecule has 17 heavy (non-hydrogen) atoms. The van der Waals surface area contributed by atoms with Crippen LogP contribution in [0.25, 0.3) is 0 Å². The Hall–Kier alpha value is -1.49. The third kappa shape index (κ3) is 3.00. The Balaban J connectivity index is 2.18. The van der Waals surface area contributed by atoms with Crippen molar-refractivity contribution in [1.29, 1.82) is 5.26 Å². The number of nitriles is 1. The first-order chi connectivity index (χ1) is 8.24. The van der Waals surface area contributed by atoms with Gasteiger partial charge in [-0.3, -0.25) is 0 Å². The van der Waals surface area contributed by atoms with E-state index in [1.54, 1.807) is 0 Å². The van der Waals surface area contributed by atoms with E-state index in [4.69, 9.17) is 5.26 Å². The lowest BCUT2D eigenvalue weighted by Crippen LogP contribution is -2.27. The van der Waals surface area contributed by atoms with Crippen molar-refractivity contribution in [3.8, 4) is 6.07 Å². The van der Waals surface area contributed by atoms with E-state index in [1.807, 2.05) is 12.1 Å². The van der Waals surface area contributed by atoms with Crippen molar-refractivity contribution < 1.29 is 0 Å². The SMILES string of the molecule is CCCN(CC1CC1)c1ccc(C#N)cc1C. The van der Waals surface area contributed by atoms with Crippen molar-refractivity contribution in [2.45, 2.75) is 33.1 Å². The molecule has 0 amide bonds. The molecule has 2 nitrogen and oxygen atoms in total. The second kappa shape index (κ2) is 5.23. The summed E-state index contributed by atoms with van der Waals surface area (Å²) in [5.74, 6) is 0.900. The van der Waals surface area contributed by atoms with Crippen LogP contribution in [0.2, 0.25) is 0 Å². The lowest BCUT2D eigenvalue weighted by atomic mass is 10.1. The van der Waals surface area contributed by atoms with Gasteiger partial charge in [0.25, 0.3) is 0 Å². The molecular weight excluding hydrogens is 208 g/mol. The van der Waals surface area contributed by atoms with Crippen LogP contribution in [0, 0.1) is 24.2 Å². The molecule has 0 aliphatic heterocycles. The highest BCUT2D eigenvalue weighted by atomic mass is 15.1. The van der Waals surface area contributed by atoms with Crippen molar-refractivity contribution in [2.24, 2.45) is 5.92 Å². The number of benzene rings is 1. The molecule has 2 rings (SSSR count). The van der Waals surface area contributed by atoms with Gasteiger partial charge in [-0.15, -0.1) is 0 Å². The summed E-state index contributed by atoms with van der Waals surface area (Å²) in [6.07, 6.45) is 3.94. The monoisotopic (exact) mass is 228 g/mol. The van der Waals surface area contributed by atoms with Gasteiger partial charge in [0.05, 0.1) is 11.6 Å². The minimum atomic E-state index is 0.758. The van der Waals surface area contributed by atoms with E-state index in [1.165, 1.54) is 37.1 Å². The summed E-state index contributed by atoms with van der Waals surface area (Å²) in [5.41, 5.74) is 3.28. The molecule has 0 radical (unpaired) electrons. The van der Waals surface area contributed by atoms with E-state index in [9.17, 15) is 0 Å². The Morgan fingerprint density at radius 3 is 2.71 bits per heavy atom. The molecule has 90 valence electrons. The van der Waals surface area contributed by atoms with Gasteiger partial charge in [-0.25, -0.2) is 0 Å². The summed E-state index contributed by atoms with van der Waals surface area (Å²) in [6, 6.07) is 8.22. The predicted octanol–water partition coefficient (Wildman–Crippen LogP) is 3.49. The number of anilines is 1. The van der Waals surface area contributed by atoms with Gasteiger partial charge in [0, 0.05) is 18.8 Å². The Kier molecular flexibility index (Phi) is 3.68. The minimum Gasteiger partial charge on any atom is -0.371 e. The van der Waals surface area contributed by atoms with Gasteiger partial charge in [-0.1, -0.05) is 6.92 Å². The largest absolute Gasteiger partial charge is 0.371 e. The zero-order chi connectivity index (χ0) is 12.3. The van der Waals surface area contributed by atoms with Crippen LogP contribution in [-0.2, 0) is 0 Å². The first-order valence-corrected chi connectivity index (χ1v) is 6.50. The highest BCUT2D eigenvalue weighted by Crippen LogP contribution is 2.32. The summed E-state index contributed by atoms with van der Waals surface area (Å²) >= 11 is 0. The molecule has 1 aliphatic carbocycles. The fourth-order valence-corrected chi connectivity index (χ4v) is 2.27. The van der Waals surface area contributed by atoms with Gasteiger partial charge in [0.2, 0.25) is 0 Å². The third-order valence-electron chi connectivity index (χ3n) is 3.34. The number of rotatable bonds is 5. The van der Waals surface area contributed by atoms with Crippen LogP contribution >= 0.6 is 0 Å². The lowest BCUT2D eigenvalue weighted by Gasteiger charge is -2.26. The molecular formula is C15H20N2. The van der Waals surface area contributed by atoms with Crippen LogP contribution in [-0.4, -0.2) is 13.1 Å². The van der Waals surface area contributed by atoms with E-state index in [0.717, 1.165) is 18.0 Å². The topological polar surface area (TPSA) is 27.0 Å². The summed E-state index contributed by atoms with van der Waals surface area (Å²) in [5, 5.41) is 8.89. The quantitative estimate of drug-likeness (QED) is 0.771. The molecule has 0 atom stereocenters. The predicted molar refractivity (Wildman–Crippen MR) is 71.1 cm³/mol. The van der Waals surface area contributed by atoms with Crippen LogP contribution in [0.4, 0.5) is 5.69 Å².